The van der Waals surface area contributed by atoms with E-state index in [9.17, 15) is 13.2 Å². The SMILES string of the molecule is COC1CN(c2cc(C(F)(F)F)cc(Cl)n2)CC1OC. The fraction of sp³-hybridized carbons (Fsp3) is 0.583. The Hall–Kier alpha value is -1.05. The third-order valence-electron chi connectivity index (χ3n) is 3.25. The van der Waals surface area contributed by atoms with Crippen LogP contribution >= 0.6 is 11.6 Å². The molecule has 20 heavy (non-hydrogen) atoms. The van der Waals surface area contributed by atoms with Crippen LogP contribution < -0.4 is 4.90 Å². The van der Waals surface area contributed by atoms with E-state index in [0.717, 1.165) is 12.1 Å². The van der Waals surface area contributed by atoms with Gasteiger partial charge in [-0.2, -0.15) is 13.2 Å². The molecule has 0 N–H and O–H groups in total. The van der Waals surface area contributed by atoms with E-state index in [2.05, 4.69) is 4.98 Å². The molecule has 1 aromatic rings. The minimum absolute atomic E-state index is 0.173. The van der Waals surface area contributed by atoms with E-state index in [1.54, 1.807) is 4.90 Å². The highest BCUT2D eigenvalue weighted by Gasteiger charge is 2.36. The molecule has 4 nitrogen and oxygen atoms in total. The van der Waals surface area contributed by atoms with Crippen molar-refractivity contribution < 1.29 is 22.6 Å². The number of nitrogens with zero attached hydrogens (tertiary/aromatic N) is 2. The molecule has 2 unspecified atom stereocenters. The summed E-state index contributed by atoms with van der Waals surface area (Å²) < 4.78 is 48.8. The lowest BCUT2D eigenvalue weighted by Crippen LogP contribution is -2.27. The molecular formula is C12H14ClF3N2O2. The van der Waals surface area contributed by atoms with Crippen LogP contribution in [0.4, 0.5) is 19.0 Å². The largest absolute Gasteiger partial charge is 0.416 e. The molecule has 0 amide bonds. The van der Waals surface area contributed by atoms with Gasteiger partial charge in [0, 0.05) is 27.3 Å². The van der Waals surface area contributed by atoms with Crippen LogP contribution in [0, 0.1) is 0 Å². The monoisotopic (exact) mass is 310 g/mol. The summed E-state index contributed by atoms with van der Waals surface area (Å²) in [5.41, 5.74) is -0.817. The van der Waals surface area contributed by atoms with E-state index in [1.165, 1.54) is 14.2 Å². The Morgan fingerprint density at radius 1 is 1.20 bits per heavy atom. The molecule has 2 rings (SSSR count). The molecule has 0 radical (unpaired) electrons. The van der Waals surface area contributed by atoms with Crippen molar-refractivity contribution in [1.29, 1.82) is 0 Å². The third kappa shape index (κ3) is 3.16. The first-order chi connectivity index (χ1) is 9.35. The molecule has 112 valence electrons. The molecule has 1 aromatic heterocycles. The first kappa shape index (κ1) is 15.3. The Bertz CT molecular complexity index is 472. The standard InChI is InChI=1S/C12H14ClF3N2O2/c1-19-8-5-18(6-9(8)20-2)11-4-7(12(14,15)16)3-10(13)17-11/h3-4,8-9H,5-6H2,1-2H3. The normalized spacial score (nSPS) is 23.4. The molecule has 0 bridgehead atoms. The molecule has 1 aliphatic rings. The molecule has 0 spiro atoms. The number of rotatable bonds is 3. The summed E-state index contributed by atoms with van der Waals surface area (Å²) in [5.74, 6) is 0.173. The Labute approximate surface area is 119 Å². The molecule has 8 heteroatoms. The maximum atomic E-state index is 12.8. The van der Waals surface area contributed by atoms with Crippen molar-refractivity contribution in [3.8, 4) is 0 Å². The number of hydrogen-bond acceptors (Lipinski definition) is 4. The lowest BCUT2D eigenvalue weighted by Gasteiger charge is -2.18. The van der Waals surface area contributed by atoms with Crippen LogP contribution in [0.25, 0.3) is 0 Å². The quantitative estimate of drug-likeness (QED) is 0.804. The molecule has 1 aliphatic heterocycles. The summed E-state index contributed by atoms with van der Waals surface area (Å²) >= 11 is 5.67. The third-order valence-corrected chi connectivity index (χ3v) is 3.45. The number of anilines is 1. The van der Waals surface area contributed by atoms with E-state index in [4.69, 9.17) is 21.1 Å². The van der Waals surface area contributed by atoms with Crippen LogP contribution in [0.1, 0.15) is 5.56 Å². The topological polar surface area (TPSA) is 34.6 Å². The van der Waals surface area contributed by atoms with E-state index in [1.807, 2.05) is 0 Å². The number of hydrogen-bond donors (Lipinski definition) is 0. The maximum absolute atomic E-state index is 12.8. The first-order valence-corrected chi connectivity index (χ1v) is 6.28. The molecule has 0 saturated carbocycles. The molecule has 2 atom stereocenters. The van der Waals surface area contributed by atoms with Gasteiger partial charge in [0.25, 0.3) is 0 Å². The zero-order valence-corrected chi connectivity index (χ0v) is 11.7. The summed E-state index contributed by atoms with van der Waals surface area (Å²) in [7, 11) is 3.07. The zero-order chi connectivity index (χ0) is 14.9. The second-order valence-electron chi connectivity index (χ2n) is 4.49. The Morgan fingerprint density at radius 2 is 1.75 bits per heavy atom. The molecule has 1 fully saturated rings. The summed E-state index contributed by atoms with van der Waals surface area (Å²) in [6.45, 7) is 0.805. The van der Waals surface area contributed by atoms with Crippen molar-refractivity contribution in [2.24, 2.45) is 0 Å². The molecular weight excluding hydrogens is 297 g/mol. The maximum Gasteiger partial charge on any atom is 0.416 e. The van der Waals surface area contributed by atoms with Crippen molar-refractivity contribution in [3.05, 3.63) is 22.8 Å². The number of methoxy groups -OCH3 is 2. The summed E-state index contributed by atoms with van der Waals surface area (Å²) in [4.78, 5) is 5.62. The van der Waals surface area contributed by atoms with E-state index in [-0.39, 0.29) is 23.2 Å². The highest BCUT2D eigenvalue weighted by atomic mass is 35.5. The van der Waals surface area contributed by atoms with Gasteiger partial charge in [-0.05, 0) is 12.1 Å². The van der Waals surface area contributed by atoms with Crippen LogP contribution in [-0.4, -0.2) is 44.5 Å². The van der Waals surface area contributed by atoms with E-state index >= 15 is 0 Å². The smallest absolute Gasteiger partial charge is 0.377 e. The number of pyridine rings is 1. The summed E-state index contributed by atoms with van der Waals surface area (Å²) in [6.07, 6.45) is -4.88. The number of alkyl halides is 3. The van der Waals surface area contributed by atoms with Gasteiger partial charge in [0.2, 0.25) is 0 Å². The Kier molecular flexibility index (Phi) is 4.41. The second kappa shape index (κ2) is 5.75. The highest BCUT2D eigenvalue weighted by molar-refractivity contribution is 6.29. The van der Waals surface area contributed by atoms with Crippen molar-refractivity contribution in [2.75, 3.05) is 32.2 Å². The predicted octanol–water partition coefficient (Wildman–Crippen LogP) is 2.60. The fourth-order valence-corrected chi connectivity index (χ4v) is 2.40. The summed E-state index contributed by atoms with van der Waals surface area (Å²) in [6, 6.07) is 1.79. The number of ether oxygens (including phenoxy) is 2. The van der Waals surface area contributed by atoms with Gasteiger partial charge in [-0.15, -0.1) is 0 Å². The Balaban J connectivity index is 2.28. The van der Waals surface area contributed by atoms with Crippen LogP contribution in [-0.2, 0) is 15.7 Å². The molecule has 0 aromatic carbocycles. The zero-order valence-electron chi connectivity index (χ0n) is 10.9. The lowest BCUT2D eigenvalue weighted by molar-refractivity contribution is -0.137. The summed E-state index contributed by atoms with van der Waals surface area (Å²) in [5, 5.41) is -0.190. The van der Waals surface area contributed by atoms with Gasteiger partial charge in [0.15, 0.2) is 0 Å². The minimum Gasteiger partial charge on any atom is -0.377 e. The van der Waals surface area contributed by atoms with Gasteiger partial charge in [-0.1, -0.05) is 11.6 Å². The van der Waals surface area contributed by atoms with Gasteiger partial charge < -0.3 is 14.4 Å². The first-order valence-electron chi connectivity index (χ1n) is 5.90. The van der Waals surface area contributed by atoms with E-state index < -0.39 is 11.7 Å². The molecule has 1 saturated heterocycles. The Morgan fingerprint density at radius 3 is 2.20 bits per heavy atom. The number of halogens is 4. The van der Waals surface area contributed by atoms with Gasteiger partial charge in [-0.3, -0.25) is 0 Å². The van der Waals surface area contributed by atoms with Crippen molar-refractivity contribution >= 4 is 17.4 Å². The van der Waals surface area contributed by atoms with Crippen LogP contribution in [0.5, 0.6) is 0 Å². The van der Waals surface area contributed by atoms with Crippen molar-refractivity contribution in [3.63, 3.8) is 0 Å². The van der Waals surface area contributed by atoms with Crippen LogP contribution in [0.3, 0.4) is 0 Å². The minimum atomic E-state index is -4.46. The average Bonchev–Trinajstić information content (AvgIpc) is 2.80. The lowest BCUT2D eigenvalue weighted by atomic mass is 10.2. The van der Waals surface area contributed by atoms with Gasteiger partial charge in [0.05, 0.1) is 5.56 Å². The molecule has 2 heterocycles. The van der Waals surface area contributed by atoms with Crippen LogP contribution in [0.2, 0.25) is 5.15 Å². The second-order valence-corrected chi connectivity index (χ2v) is 4.88. The van der Waals surface area contributed by atoms with Gasteiger partial charge in [-0.25, -0.2) is 4.98 Å². The van der Waals surface area contributed by atoms with Crippen molar-refractivity contribution in [1.82, 2.24) is 4.98 Å². The van der Waals surface area contributed by atoms with Gasteiger partial charge >= 0.3 is 6.18 Å². The predicted molar refractivity (Wildman–Crippen MR) is 68.1 cm³/mol. The number of aromatic nitrogens is 1. The molecule has 0 aliphatic carbocycles. The van der Waals surface area contributed by atoms with Crippen LogP contribution in [0.15, 0.2) is 12.1 Å². The fourth-order valence-electron chi connectivity index (χ4n) is 2.19. The average molecular weight is 311 g/mol. The van der Waals surface area contributed by atoms with Crippen molar-refractivity contribution in [2.45, 2.75) is 18.4 Å². The highest BCUT2D eigenvalue weighted by Crippen LogP contribution is 2.33. The van der Waals surface area contributed by atoms with E-state index in [0.29, 0.717) is 13.1 Å². The van der Waals surface area contributed by atoms with Gasteiger partial charge in [0.1, 0.15) is 23.2 Å².